The summed E-state index contributed by atoms with van der Waals surface area (Å²) < 4.78 is 10.3. The summed E-state index contributed by atoms with van der Waals surface area (Å²) in [6, 6.07) is 3.35. The highest BCUT2D eigenvalue weighted by atomic mass is 16.5. The Kier molecular flexibility index (Phi) is 6.85. The molecule has 1 amide bonds. The quantitative estimate of drug-likeness (QED) is 0.766. The minimum absolute atomic E-state index is 0.0407. The number of aryl methyl sites for hydroxylation is 2. The summed E-state index contributed by atoms with van der Waals surface area (Å²) in [7, 11) is 1.59. The number of carbonyl (C=O) groups excluding carboxylic acids is 1. The summed E-state index contributed by atoms with van der Waals surface area (Å²) in [4.78, 5) is 22.9. The van der Waals surface area contributed by atoms with Gasteiger partial charge >= 0.3 is 5.97 Å². The lowest BCUT2D eigenvalue weighted by atomic mass is 10.0. The Hall–Kier alpha value is -2.08. The molecule has 0 heterocycles. The molecular formula is C16H23NO5. The standard InChI is InChI=1S/C16H23NO5/c1-5-13(8-21-4)17-16(20)12-6-10(2)15(11(3)7-12)22-9-14(18)19/h6-7,13H,5,8-9H2,1-4H3,(H,17,20)(H,18,19). The van der Waals surface area contributed by atoms with Crippen LogP contribution in [0.15, 0.2) is 12.1 Å². The molecule has 0 saturated carbocycles. The van der Waals surface area contributed by atoms with E-state index in [1.807, 2.05) is 6.92 Å². The molecular weight excluding hydrogens is 286 g/mol. The maximum absolute atomic E-state index is 12.3. The Balaban J connectivity index is 2.88. The number of hydrogen-bond donors (Lipinski definition) is 2. The fourth-order valence-electron chi connectivity index (χ4n) is 2.17. The molecule has 122 valence electrons. The number of aliphatic carboxylic acids is 1. The molecule has 0 aliphatic rings. The van der Waals surface area contributed by atoms with Gasteiger partial charge < -0.3 is 19.9 Å². The van der Waals surface area contributed by atoms with Crippen molar-refractivity contribution in [3.63, 3.8) is 0 Å². The number of rotatable bonds is 8. The van der Waals surface area contributed by atoms with Gasteiger partial charge in [0.15, 0.2) is 6.61 Å². The molecule has 0 aliphatic carbocycles. The first-order valence-corrected chi connectivity index (χ1v) is 7.14. The lowest BCUT2D eigenvalue weighted by Crippen LogP contribution is -2.37. The second-order valence-corrected chi connectivity index (χ2v) is 5.16. The van der Waals surface area contributed by atoms with Crippen molar-refractivity contribution in [2.75, 3.05) is 20.3 Å². The first-order valence-electron chi connectivity index (χ1n) is 7.14. The van der Waals surface area contributed by atoms with Crippen molar-refractivity contribution in [2.45, 2.75) is 33.2 Å². The molecule has 0 aromatic heterocycles. The number of carboxylic acids is 1. The van der Waals surface area contributed by atoms with E-state index in [1.54, 1.807) is 33.1 Å². The summed E-state index contributed by atoms with van der Waals surface area (Å²) in [6.45, 7) is 5.60. The van der Waals surface area contributed by atoms with Crippen LogP contribution in [-0.2, 0) is 9.53 Å². The highest BCUT2D eigenvalue weighted by Crippen LogP contribution is 2.25. The summed E-state index contributed by atoms with van der Waals surface area (Å²) in [5, 5.41) is 11.6. The van der Waals surface area contributed by atoms with Gasteiger partial charge in [-0.3, -0.25) is 4.79 Å². The van der Waals surface area contributed by atoms with Gasteiger partial charge in [0.05, 0.1) is 12.6 Å². The number of methoxy groups -OCH3 is 1. The van der Waals surface area contributed by atoms with E-state index in [4.69, 9.17) is 14.6 Å². The van der Waals surface area contributed by atoms with Crippen molar-refractivity contribution >= 4 is 11.9 Å². The van der Waals surface area contributed by atoms with E-state index in [-0.39, 0.29) is 11.9 Å². The number of nitrogens with one attached hydrogen (secondary N) is 1. The predicted octanol–water partition coefficient (Wildman–Crippen LogP) is 1.92. The van der Waals surface area contributed by atoms with Crippen molar-refractivity contribution in [3.8, 4) is 5.75 Å². The highest BCUT2D eigenvalue weighted by molar-refractivity contribution is 5.95. The largest absolute Gasteiger partial charge is 0.481 e. The van der Waals surface area contributed by atoms with Crippen LogP contribution in [0.2, 0.25) is 0 Å². The highest BCUT2D eigenvalue weighted by Gasteiger charge is 2.15. The van der Waals surface area contributed by atoms with Crippen LogP contribution in [0.5, 0.6) is 5.75 Å². The third kappa shape index (κ3) is 5.04. The van der Waals surface area contributed by atoms with Crippen LogP contribution in [0.3, 0.4) is 0 Å². The topological polar surface area (TPSA) is 84.9 Å². The number of amides is 1. The minimum Gasteiger partial charge on any atom is -0.481 e. The predicted molar refractivity (Wildman–Crippen MR) is 82.5 cm³/mol. The third-order valence-electron chi connectivity index (χ3n) is 3.26. The van der Waals surface area contributed by atoms with Crippen molar-refractivity contribution in [2.24, 2.45) is 0 Å². The Morgan fingerprint density at radius 3 is 2.32 bits per heavy atom. The van der Waals surface area contributed by atoms with Gasteiger partial charge in [-0.1, -0.05) is 6.92 Å². The Labute approximate surface area is 130 Å². The summed E-state index contributed by atoms with van der Waals surface area (Å²) >= 11 is 0. The smallest absolute Gasteiger partial charge is 0.341 e. The molecule has 2 N–H and O–H groups in total. The van der Waals surface area contributed by atoms with E-state index in [0.717, 1.165) is 17.5 Å². The molecule has 1 aromatic carbocycles. The maximum Gasteiger partial charge on any atom is 0.341 e. The fraction of sp³-hybridized carbons (Fsp3) is 0.500. The van der Waals surface area contributed by atoms with Crippen molar-refractivity contribution in [3.05, 3.63) is 28.8 Å². The normalized spacial score (nSPS) is 11.8. The van der Waals surface area contributed by atoms with E-state index in [0.29, 0.717) is 17.9 Å². The van der Waals surface area contributed by atoms with Crippen molar-refractivity contribution in [1.29, 1.82) is 0 Å². The molecule has 1 aromatic rings. The van der Waals surface area contributed by atoms with Gasteiger partial charge in [0.1, 0.15) is 5.75 Å². The molecule has 0 fully saturated rings. The van der Waals surface area contributed by atoms with Crippen LogP contribution in [0.1, 0.15) is 34.8 Å². The SMILES string of the molecule is CCC(COC)NC(=O)c1cc(C)c(OCC(=O)O)c(C)c1. The number of carboxylic acid groups (broad SMARTS) is 1. The monoisotopic (exact) mass is 309 g/mol. The molecule has 0 saturated heterocycles. The number of hydrogen-bond acceptors (Lipinski definition) is 4. The van der Waals surface area contributed by atoms with Crippen LogP contribution in [0.4, 0.5) is 0 Å². The number of ether oxygens (including phenoxy) is 2. The van der Waals surface area contributed by atoms with E-state index < -0.39 is 12.6 Å². The average molecular weight is 309 g/mol. The first-order chi connectivity index (χ1) is 10.4. The summed E-state index contributed by atoms with van der Waals surface area (Å²) in [5.41, 5.74) is 1.98. The van der Waals surface area contributed by atoms with Crippen LogP contribution in [0.25, 0.3) is 0 Å². The van der Waals surface area contributed by atoms with Gasteiger partial charge in [-0.25, -0.2) is 4.79 Å². The van der Waals surface area contributed by atoms with Gasteiger partial charge in [0.25, 0.3) is 5.91 Å². The number of benzene rings is 1. The summed E-state index contributed by atoms with van der Waals surface area (Å²) in [5.74, 6) is -0.714. The zero-order valence-electron chi connectivity index (χ0n) is 13.4. The van der Waals surface area contributed by atoms with Crippen LogP contribution >= 0.6 is 0 Å². The Morgan fingerprint density at radius 1 is 1.27 bits per heavy atom. The van der Waals surface area contributed by atoms with Gasteiger partial charge in [-0.05, 0) is 43.5 Å². The second kappa shape index (κ2) is 8.38. The van der Waals surface area contributed by atoms with Crippen LogP contribution in [0, 0.1) is 13.8 Å². The van der Waals surface area contributed by atoms with E-state index in [9.17, 15) is 9.59 Å². The Bertz CT molecular complexity index is 518. The van der Waals surface area contributed by atoms with Crippen LogP contribution in [-0.4, -0.2) is 43.3 Å². The molecule has 0 aliphatic heterocycles. The van der Waals surface area contributed by atoms with Crippen molar-refractivity contribution < 1.29 is 24.2 Å². The molecule has 1 unspecified atom stereocenters. The van der Waals surface area contributed by atoms with Gasteiger partial charge in [0.2, 0.25) is 0 Å². The lowest BCUT2D eigenvalue weighted by Gasteiger charge is -2.17. The summed E-state index contributed by atoms with van der Waals surface area (Å²) in [6.07, 6.45) is 0.775. The second-order valence-electron chi connectivity index (χ2n) is 5.16. The molecule has 6 heteroatoms. The average Bonchev–Trinajstić information content (AvgIpc) is 2.45. The maximum atomic E-state index is 12.3. The van der Waals surface area contributed by atoms with E-state index in [1.165, 1.54) is 0 Å². The Morgan fingerprint density at radius 2 is 1.86 bits per heavy atom. The number of carbonyl (C=O) groups is 2. The minimum atomic E-state index is -1.04. The molecule has 6 nitrogen and oxygen atoms in total. The molecule has 1 atom stereocenters. The van der Waals surface area contributed by atoms with Crippen LogP contribution < -0.4 is 10.1 Å². The molecule has 22 heavy (non-hydrogen) atoms. The molecule has 0 radical (unpaired) electrons. The molecule has 0 spiro atoms. The molecule has 1 rings (SSSR count). The first kappa shape index (κ1) is 18.0. The molecule has 0 bridgehead atoms. The fourth-order valence-corrected chi connectivity index (χ4v) is 2.17. The van der Waals surface area contributed by atoms with Gasteiger partial charge in [-0.2, -0.15) is 0 Å². The lowest BCUT2D eigenvalue weighted by molar-refractivity contribution is -0.139. The van der Waals surface area contributed by atoms with Gasteiger partial charge in [-0.15, -0.1) is 0 Å². The zero-order valence-corrected chi connectivity index (χ0v) is 13.4. The van der Waals surface area contributed by atoms with E-state index in [2.05, 4.69) is 5.32 Å². The zero-order chi connectivity index (χ0) is 16.7. The van der Waals surface area contributed by atoms with Crippen molar-refractivity contribution in [1.82, 2.24) is 5.32 Å². The third-order valence-corrected chi connectivity index (χ3v) is 3.26. The van der Waals surface area contributed by atoms with E-state index >= 15 is 0 Å². The van der Waals surface area contributed by atoms with Gasteiger partial charge in [0, 0.05) is 12.7 Å².